The average molecular weight is 264 g/mol. The molecule has 1 aliphatic heterocycles. The number of ether oxygens (including phenoxy) is 1. The molecule has 1 heterocycles. The zero-order chi connectivity index (χ0) is 14.4. The number of Topliss-reactive ketones (excluding diaryl/α,β-unsaturated/α-hetero) is 1. The van der Waals surface area contributed by atoms with Crippen LogP contribution in [0.15, 0.2) is 35.6 Å². The Kier molecular flexibility index (Phi) is 2.99. The summed E-state index contributed by atoms with van der Waals surface area (Å²) >= 11 is 0. The second kappa shape index (κ2) is 4.15. The molecule has 1 saturated heterocycles. The molecule has 0 aromatic heterocycles. The molecule has 0 amide bonds. The molecule has 19 heavy (non-hydrogen) atoms. The van der Waals surface area contributed by atoms with Crippen molar-refractivity contribution in [3.8, 4) is 0 Å². The molecule has 0 aromatic carbocycles. The molecule has 3 atom stereocenters. The quantitative estimate of drug-likeness (QED) is 0.343. The first kappa shape index (κ1) is 13.7. The Morgan fingerprint density at radius 2 is 2.05 bits per heavy atom. The van der Waals surface area contributed by atoms with E-state index in [0.717, 1.165) is 0 Å². The molecule has 0 aromatic rings. The lowest BCUT2D eigenvalue weighted by Crippen LogP contribution is -2.50. The van der Waals surface area contributed by atoms with Crippen LogP contribution >= 0.6 is 0 Å². The van der Waals surface area contributed by atoms with Crippen molar-refractivity contribution >= 4 is 11.6 Å². The Labute approximate surface area is 110 Å². The van der Waals surface area contributed by atoms with E-state index in [4.69, 9.17) is 4.74 Å². The summed E-state index contributed by atoms with van der Waals surface area (Å²) in [5.41, 5.74) is -3.42. The molecule has 0 bridgehead atoms. The van der Waals surface area contributed by atoms with Crippen LogP contribution in [0.5, 0.6) is 0 Å². The van der Waals surface area contributed by atoms with E-state index in [1.165, 1.54) is 26.0 Å². The van der Waals surface area contributed by atoms with Gasteiger partial charge in [0.15, 0.2) is 5.78 Å². The van der Waals surface area contributed by atoms with Crippen molar-refractivity contribution in [3.05, 3.63) is 35.6 Å². The van der Waals surface area contributed by atoms with E-state index in [9.17, 15) is 19.8 Å². The van der Waals surface area contributed by atoms with Crippen LogP contribution in [0.3, 0.4) is 0 Å². The van der Waals surface area contributed by atoms with Gasteiger partial charge in [-0.1, -0.05) is 18.2 Å². The highest BCUT2D eigenvalue weighted by Crippen LogP contribution is 2.52. The summed E-state index contributed by atoms with van der Waals surface area (Å²) in [5.74, 6) is -1.54. The van der Waals surface area contributed by atoms with Gasteiger partial charge in [0.2, 0.25) is 11.4 Å². The van der Waals surface area contributed by atoms with E-state index < -0.39 is 34.6 Å². The van der Waals surface area contributed by atoms with Gasteiger partial charge in [-0.15, -0.1) is 0 Å². The number of carbonyl (C=O) groups is 2. The third-order valence-electron chi connectivity index (χ3n) is 3.56. The van der Waals surface area contributed by atoms with Crippen LogP contribution in [-0.2, 0) is 14.3 Å². The van der Waals surface area contributed by atoms with Gasteiger partial charge in [-0.2, -0.15) is 0 Å². The summed E-state index contributed by atoms with van der Waals surface area (Å²) in [7, 11) is 0. The smallest absolute Gasteiger partial charge is 0.222 e. The van der Waals surface area contributed by atoms with Crippen LogP contribution in [0, 0.1) is 0 Å². The number of ketones is 2. The lowest BCUT2D eigenvalue weighted by molar-refractivity contribution is -0.130. The standard InChI is InChI=1S/C14H16O5/c1-4-5-6-7-9(15)14-11(17)8(2)10(16)13(3,18)12(14)19-14/h4-7,12,16,18H,1-3H3/b5-4+,7-6+/t12-,13?,14+/m1/s1. The Morgan fingerprint density at radius 3 is 2.63 bits per heavy atom. The summed E-state index contributed by atoms with van der Waals surface area (Å²) in [5, 5.41) is 19.9. The largest absolute Gasteiger partial charge is 0.509 e. The molecule has 0 radical (unpaired) electrons. The summed E-state index contributed by atoms with van der Waals surface area (Å²) in [4.78, 5) is 24.2. The first-order valence-electron chi connectivity index (χ1n) is 5.99. The fourth-order valence-corrected chi connectivity index (χ4v) is 2.40. The predicted molar refractivity (Wildman–Crippen MR) is 67.5 cm³/mol. The number of hydrogen-bond donors (Lipinski definition) is 2. The number of hydrogen-bond acceptors (Lipinski definition) is 5. The Balaban J connectivity index is 2.39. The summed E-state index contributed by atoms with van der Waals surface area (Å²) in [6.45, 7) is 4.49. The van der Waals surface area contributed by atoms with E-state index in [1.807, 2.05) is 0 Å². The average Bonchev–Trinajstić information content (AvgIpc) is 3.12. The molecule has 1 aliphatic carbocycles. The SMILES string of the molecule is C/C=C/C=C/C(=O)[C@@]12O[C@@H]1C(C)(O)C(O)=C(C)C2=O. The zero-order valence-corrected chi connectivity index (χ0v) is 11.0. The summed E-state index contributed by atoms with van der Waals surface area (Å²) in [6, 6.07) is 0. The van der Waals surface area contributed by atoms with Crippen LogP contribution in [0.2, 0.25) is 0 Å². The van der Waals surface area contributed by atoms with Crippen molar-refractivity contribution in [2.75, 3.05) is 0 Å². The molecule has 2 rings (SSSR count). The van der Waals surface area contributed by atoms with Gasteiger partial charge in [0, 0.05) is 5.57 Å². The van der Waals surface area contributed by atoms with Gasteiger partial charge in [0.1, 0.15) is 17.5 Å². The van der Waals surface area contributed by atoms with Gasteiger partial charge < -0.3 is 14.9 Å². The Hall–Kier alpha value is -1.72. The maximum Gasteiger partial charge on any atom is 0.222 e. The number of allylic oxidation sites excluding steroid dienone is 3. The van der Waals surface area contributed by atoms with Crippen molar-refractivity contribution in [1.82, 2.24) is 0 Å². The minimum Gasteiger partial charge on any atom is -0.509 e. The van der Waals surface area contributed by atoms with Crippen LogP contribution < -0.4 is 0 Å². The molecule has 5 heteroatoms. The van der Waals surface area contributed by atoms with Gasteiger partial charge >= 0.3 is 0 Å². The second-order valence-electron chi connectivity index (χ2n) is 4.93. The number of aliphatic hydroxyl groups is 2. The predicted octanol–water partition coefficient (Wildman–Crippen LogP) is 0.991. The highest BCUT2D eigenvalue weighted by molar-refractivity contribution is 6.24. The maximum atomic E-state index is 12.1. The van der Waals surface area contributed by atoms with Gasteiger partial charge in [0.05, 0.1) is 0 Å². The zero-order valence-electron chi connectivity index (χ0n) is 11.0. The highest BCUT2D eigenvalue weighted by atomic mass is 16.6. The lowest BCUT2D eigenvalue weighted by Gasteiger charge is -2.27. The third-order valence-corrected chi connectivity index (χ3v) is 3.56. The molecular weight excluding hydrogens is 248 g/mol. The normalized spacial score (nSPS) is 38.1. The van der Waals surface area contributed by atoms with E-state index in [0.29, 0.717) is 0 Å². The highest BCUT2D eigenvalue weighted by Gasteiger charge is 2.76. The minimum atomic E-state index is -1.72. The first-order chi connectivity index (χ1) is 8.80. The van der Waals surface area contributed by atoms with Crippen LogP contribution in [0.25, 0.3) is 0 Å². The van der Waals surface area contributed by atoms with E-state index in [-0.39, 0.29) is 5.57 Å². The molecular formula is C14H16O5. The van der Waals surface area contributed by atoms with E-state index >= 15 is 0 Å². The minimum absolute atomic E-state index is 0.0356. The summed E-state index contributed by atoms with van der Waals surface area (Å²) in [6.07, 6.45) is 5.11. The molecule has 0 saturated carbocycles. The molecule has 102 valence electrons. The number of aliphatic hydroxyl groups excluding tert-OH is 1. The van der Waals surface area contributed by atoms with Crippen molar-refractivity contribution < 1.29 is 24.5 Å². The van der Waals surface area contributed by atoms with Crippen molar-refractivity contribution in [3.63, 3.8) is 0 Å². The number of epoxide rings is 1. The van der Waals surface area contributed by atoms with E-state index in [1.54, 1.807) is 19.1 Å². The van der Waals surface area contributed by atoms with Crippen molar-refractivity contribution in [2.45, 2.75) is 38.1 Å². The number of fused-ring (bicyclic) bond motifs is 1. The molecule has 2 N–H and O–H groups in total. The Morgan fingerprint density at radius 1 is 1.42 bits per heavy atom. The number of carbonyl (C=O) groups excluding carboxylic acids is 2. The van der Waals surface area contributed by atoms with Crippen molar-refractivity contribution in [2.24, 2.45) is 0 Å². The van der Waals surface area contributed by atoms with Gasteiger partial charge in [0.25, 0.3) is 0 Å². The van der Waals surface area contributed by atoms with Gasteiger partial charge in [-0.3, -0.25) is 9.59 Å². The van der Waals surface area contributed by atoms with E-state index in [2.05, 4.69) is 0 Å². The Bertz CT molecular complexity index is 538. The molecule has 5 nitrogen and oxygen atoms in total. The second-order valence-corrected chi connectivity index (χ2v) is 4.93. The summed E-state index contributed by atoms with van der Waals surface area (Å²) < 4.78 is 5.20. The maximum absolute atomic E-state index is 12.1. The first-order valence-corrected chi connectivity index (χ1v) is 5.99. The molecule has 0 spiro atoms. The molecule has 1 unspecified atom stereocenters. The van der Waals surface area contributed by atoms with Crippen LogP contribution in [0.4, 0.5) is 0 Å². The van der Waals surface area contributed by atoms with Crippen molar-refractivity contribution in [1.29, 1.82) is 0 Å². The lowest BCUT2D eigenvalue weighted by atomic mass is 9.76. The third kappa shape index (κ3) is 1.69. The monoisotopic (exact) mass is 264 g/mol. The topological polar surface area (TPSA) is 87.1 Å². The molecule has 2 aliphatic rings. The number of rotatable bonds is 3. The molecule has 1 fully saturated rings. The fraction of sp³-hybridized carbons (Fsp3) is 0.429. The van der Waals surface area contributed by atoms with Gasteiger partial charge in [-0.25, -0.2) is 0 Å². The van der Waals surface area contributed by atoms with Crippen LogP contribution in [-0.4, -0.2) is 39.1 Å². The van der Waals surface area contributed by atoms with Crippen LogP contribution in [0.1, 0.15) is 20.8 Å². The fourth-order valence-electron chi connectivity index (χ4n) is 2.40. The van der Waals surface area contributed by atoms with Gasteiger partial charge in [-0.05, 0) is 26.8 Å².